The predicted octanol–water partition coefficient (Wildman–Crippen LogP) is 4.58. The standard InChI is InChI=1S/C17H18ClNO2/c1-10-6-11(2)15(12(3)7-10)9-19-13-4-5-16(18)14(8-13)17(20)21/h4-8,19H,9H2,1-3H3,(H,20,21). The van der Waals surface area contributed by atoms with Gasteiger partial charge in [-0.15, -0.1) is 0 Å². The Balaban J connectivity index is 2.21. The number of carboxylic acids is 1. The van der Waals surface area contributed by atoms with Crippen molar-refractivity contribution < 1.29 is 9.90 Å². The van der Waals surface area contributed by atoms with E-state index < -0.39 is 5.97 Å². The molecule has 0 spiro atoms. The van der Waals surface area contributed by atoms with Gasteiger partial charge in [0.05, 0.1) is 10.6 Å². The van der Waals surface area contributed by atoms with Crippen molar-refractivity contribution in [1.82, 2.24) is 0 Å². The fraction of sp³-hybridized carbons (Fsp3) is 0.235. The summed E-state index contributed by atoms with van der Waals surface area (Å²) in [5.41, 5.74) is 5.79. The van der Waals surface area contributed by atoms with Crippen LogP contribution in [0.25, 0.3) is 0 Å². The van der Waals surface area contributed by atoms with Gasteiger partial charge in [-0.25, -0.2) is 4.79 Å². The van der Waals surface area contributed by atoms with Crippen molar-refractivity contribution in [2.45, 2.75) is 27.3 Å². The fourth-order valence-electron chi connectivity index (χ4n) is 2.48. The molecule has 2 N–H and O–H groups in total. The van der Waals surface area contributed by atoms with E-state index in [0.29, 0.717) is 6.54 Å². The van der Waals surface area contributed by atoms with Crippen LogP contribution in [0.4, 0.5) is 5.69 Å². The van der Waals surface area contributed by atoms with Crippen LogP contribution in [0, 0.1) is 20.8 Å². The molecule has 0 atom stereocenters. The number of aromatic carboxylic acids is 1. The number of carboxylic acid groups (broad SMARTS) is 1. The lowest BCUT2D eigenvalue weighted by atomic mass is 10.00. The summed E-state index contributed by atoms with van der Waals surface area (Å²) in [5, 5.41) is 12.6. The number of rotatable bonds is 4. The van der Waals surface area contributed by atoms with Crippen LogP contribution in [0.3, 0.4) is 0 Å². The molecule has 2 aromatic carbocycles. The summed E-state index contributed by atoms with van der Waals surface area (Å²) in [6.45, 7) is 6.90. The molecule has 0 bridgehead atoms. The fourth-order valence-corrected chi connectivity index (χ4v) is 2.68. The number of benzene rings is 2. The van der Waals surface area contributed by atoms with Crippen LogP contribution in [0.15, 0.2) is 30.3 Å². The summed E-state index contributed by atoms with van der Waals surface area (Å²) in [7, 11) is 0. The maximum Gasteiger partial charge on any atom is 0.337 e. The molecule has 0 unspecified atom stereocenters. The second kappa shape index (κ2) is 6.19. The van der Waals surface area contributed by atoms with Gasteiger partial charge in [-0.2, -0.15) is 0 Å². The van der Waals surface area contributed by atoms with Gasteiger partial charge in [-0.1, -0.05) is 29.3 Å². The van der Waals surface area contributed by atoms with E-state index in [9.17, 15) is 4.79 Å². The van der Waals surface area contributed by atoms with Gasteiger partial charge in [0.2, 0.25) is 0 Å². The van der Waals surface area contributed by atoms with Crippen LogP contribution in [0.2, 0.25) is 5.02 Å². The van der Waals surface area contributed by atoms with E-state index >= 15 is 0 Å². The van der Waals surface area contributed by atoms with Crippen molar-refractivity contribution in [3.8, 4) is 0 Å². The van der Waals surface area contributed by atoms with Crippen LogP contribution in [-0.4, -0.2) is 11.1 Å². The van der Waals surface area contributed by atoms with E-state index in [1.165, 1.54) is 22.3 Å². The van der Waals surface area contributed by atoms with Crippen molar-refractivity contribution >= 4 is 23.3 Å². The van der Waals surface area contributed by atoms with Crippen LogP contribution < -0.4 is 5.32 Å². The quantitative estimate of drug-likeness (QED) is 0.869. The van der Waals surface area contributed by atoms with Gasteiger partial charge < -0.3 is 10.4 Å². The molecular weight excluding hydrogens is 286 g/mol. The topological polar surface area (TPSA) is 49.3 Å². The van der Waals surface area contributed by atoms with Gasteiger partial charge in [0.15, 0.2) is 0 Å². The average molecular weight is 304 g/mol. The summed E-state index contributed by atoms with van der Waals surface area (Å²) in [4.78, 5) is 11.1. The molecule has 0 heterocycles. The highest BCUT2D eigenvalue weighted by atomic mass is 35.5. The lowest BCUT2D eigenvalue weighted by Crippen LogP contribution is -2.05. The molecule has 0 saturated carbocycles. The molecule has 0 aliphatic carbocycles. The molecule has 0 radical (unpaired) electrons. The molecule has 0 aliphatic rings. The molecule has 0 aliphatic heterocycles. The number of hydrogen-bond donors (Lipinski definition) is 2. The van der Waals surface area contributed by atoms with Gasteiger partial charge in [0, 0.05) is 12.2 Å². The van der Waals surface area contributed by atoms with E-state index in [2.05, 4.69) is 38.2 Å². The van der Waals surface area contributed by atoms with Crippen LogP contribution in [0.5, 0.6) is 0 Å². The van der Waals surface area contributed by atoms with Crippen molar-refractivity contribution in [3.63, 3.8) is 0 Å². The summed E-state index contributed by atoms with van der Waals surface area (Å²) in [5.74, 6) is -1.02. The van der Waals surface area contributed by atoms with E-state index in [4.69, 9.17) is 16.7 Å². The summed E-state index contributed by atoms with van der Waals surface area (Å²) in [6.07, 6.45) is 0. The second-order valence-corrected chi connectivity index (χ2v) is 5.64. The number of aryl methyl sites for hydroxylation is 3. The molecule has 3 nitrogen and oxygen atoms in total. The number of anilines is 1. The third kappa shape index (κ3) is 3.56. The first-order valence-corrected chi connectivity index (χ1v) is 7.09. The summed E-state index contributed by atoms with van der Waals surface area (Å²) in [6, 6.07) is 9.24. The van der Waals surface area contributed by atoms with Crippen LogP contribution >= 0.6 is 11.6 Å². The number of nitrogens with one attached hydrogen (secondary N) is 1. The van der Waals surface area contributed by atoms with Crippen molar-refractivity contribution in [3.05, 3.63) is 63.2 Å². The Morgan fingerprint density at radius 2 is 1.76 bits per heavy atom. The van der Waals surface area contributed by atoms with Gasteiger partial charge in [0.25, 0.3) is 0 Å². The zero-order valence-electron chi connectivity index (χ0n) is 12.3. The second-order valence-electron chi connectivity index (χ2n) is 5.23. The van der Waals surface area contributed by atoms with E-state index in [1.54, 1.807) is 18.2 Å². The maximum absolute atomic E-state index is 11.1. The minimum Gasteiger partial charge on any atom is -0.478 e. The Hall–Kier alpha value is -2.00. The zero-order chi connectivity index (χ0) is 15.6. The van der Waals surface area contributed by atoms with Crippen molar-refractivity contribution in [1.29, 1.82) is 0 Å². The van der Waals surface area contributed by atoms with Gasteiger partial charge in [-0.3, -0.25) is 0 Å². The number of carbonyl (C=O) groups is 1. The molecule has 0 saturated heterocycles. The largest absolute Gasteiger partial charge is 0.478 e. The Bertz CT molecular complexity index is 672. The van der Waals surface area contributed by atoms with Crippen molar-refractivity contribution in [2.24, 2.45) is 0 Å². The van der Waals surface area contributed by atoms with Gasteiger partial charge in [-0.05, 0) is 55.7 Å². The smallest absolute Gasteiger partial charge is 0.337 e. The van der Waals surface area contributed by atoms with Gasteiger partial charge >= 0.3 is 5.97 Å². The van der Waals surface area contributed by atoms with E-state index in [1.807, 2.05) is 0 Å². The Kier molecular flexibility index (Phi) is 4.53. The minimum absolute atomic E-state index is 0.110. The lowest BCUT2D eigenvalue weighted by molar-refractivity contribution is 0.0697. The zero-order valence-corrected chi connectivity index (χ0v) is 13.1. The number of hydrogen-bond acceptors (Lipinski definition) is 2. The monoisotopic (exact) mass is 303 g/mol. The molecule has 4 heteroatoms. The first kappa shape index (κ1) is 15.4. The average Bonchev–Trinajstić information content (AvgIpc) is 2.38. The highest BCUT2D eigenvalue weighted by Crippen LogP contribution is 2.22. The Morgan fingerprint density at radius 3 is 2.33 bits per heavy atom. The molecular formula is C17H18ClNO2. The molecule has 2 aromatic rings. The first-order valence-electron chi connectivity index (χ1n) is 6.72. The molecule has 110 valence electrons. The van der Waals surface area contributed by atoms with Gasteiger partial charge in [0.1, 0.15) is 0 Å². The molecule has 2 rings (SSSR count). The maximum atomic E-state index is 11.1. The highest BCUT2D eigenvalue weighted by molar-refractivity contribution is 6.33. The molecule has 0 fully saturated rings. The molecule has 21 heavy (non-hydrogen) atoms. The van der Waals surface area contributed by atoms with Crippen LogP contribution in [0.1, 0.15) is 32.6 Å². The Labute approximate surface area is 129 Å². The Morgan fingerprint density at radius 1 is 1.14 bits per heavy atom. The summed E-state index contributed by atoms with van der Waals surface area (Å²) < 4.78 is 0. The highest BCUT2D eigenvalue weighted by Gasteiger charge is 2.10. The van der Waals surface area contributed by atoms with E-state index in [0.717, 1.165) is 5.69 Å². The third-order valence-corrected chi connectivity index (χ3v) is 3.84. The predicted molar refractivity (Wildman–Crippen MR) is 86.4 cm³/mol. The third-order valence-electron chi connectivity index (χ3n) is 3.51. The minimum atomic E-state index is -1.02. The van der Waals surface area contributed by atoms with Crippen molar-refractivity contribution in [2.75, 3.05) is 5.32 Å². The SMILES string of the molecule is Cc1cc(C)c(CNc2ccc(Cl)c(C(=O)O)c2)c(C)c1. The normalized spacial score (nSPS) is 10.5. The lowest BCUT2D eigenvalue weighted by Gasteiger charge is -2.14. The number of halogens is 1. The van der Waals surface area contributed by atoms with Crippen LogP contribution in [-0.2, 0) is 6.54 Å². The molecule has 0 amide bonds. The van der Waals surface area contributed by atoms with E-state index in [-0.39, 0.29) is 10.6 Å². The first-order chi connectivity index (χ1) is 9.88. The molecule has 0 aromatic heterocycles. The summed E-state index contributed by atoms with van der Waals surface area (Å²) >= 11 is 5.87.